The van der Waals surface area contributed by atoms with Crippen molar-refractivity contribution in [2.75, 3.05) is 42.6 Å². The number of sulfone groups is 1. The molecule has 2 rings (SSSR count). The van der Waals surface area contributed by atoms with E-state index in [0.717, 1.165) is 11.3 Å². The first-order valence-corrected chi connectivity index (χ1v) is 11.0. The lowest BCUT2D eigenvalue weighted by Gasteiger charge is -2.28. The molecule has 1 aromatic rings. The van der Waals surface area contributed by atoms with Gasteiger partial charge in [0, 0.05) is 30.9 Å². The first-order chi connectivity index (χ1) is 13.7. The highest BCUT2D eigenvalue weighted by atomic mass is 32.2. The van der Waals surface area contributed by atoms with Gasteiger partial charge < -0.3 is 14.7 Å². The van der Waals surface area contributed by atoms with Gasteiger partial charge in [0.2, 0.25) is 0 Å². The van der Waals surface area contributed by atoms with Crippen LogP contribution in [0.1, 0.15) is 12.5 Å². The van der Waals surface area contributed by atoms with Crippen molar-refractivity contribution < 1.29 is 23.1 Å². The molecular formula is C20H25N3O5S. The Morgan fingerprint density at radius 2 is 2.00 bits per heavy atom. The molecule has 0 spiro atoms. The third-order valence-corrected chi connectivity index (χ3v) is 5.98. The average molecular weight is 420 g/mol. The van der Waals surface area contributed by atoms with Crippen LogP contribution in [0.5, 0.6) is 0 Å². The maximum Gasteiger partial charge on any atom is 0.333 e. The molecule has 9 heteroatoms. The molecule has 1 aromatic carbocycles. The summed E-state index contributed by atoms with van der Waals surface area (Å²) < 4.78 is 28.0. The van der Waals surface area contributed by atoms with Crippen molar-refractivity contribution in [3.05, 3.63) is 47.6 Å². The number of ether oxygens (including phenoxy) is 1. The fraction of sp³-hybridized carbons (Fsp3) is 0.400. The van der Waals surface area contributed by atoms with E-state index in [2.05, 4.69) is 11.9 Å². The zero-order valence-corrected chi connectivity index (χ0v) is 17.1. The number of rotatable bonds is 8. The molecule has 156 valence electrons. The molecule has 1 aliphatic rings. The Labute approximate surface area is 171 Å². The molecule has 8 nitrogen and oxygen atoms in total. The van der Waals surface area contributed by atoms with Gasteiger partial charge in [-0.2, -0.15) is 5.26 Å². The molecule has 1 atom stereocenters. The second-order valence-electron chi connectivity index (χ2n) is 6.71. The van der Waals surface area contributed by atoms with Crippen LogP contribution >= 0.6 is 0 Å². The molecule has 29 heavy (non-hydrogen) atoms. The van der Waals surface area contributed by atoms with Crippen LogP contribution in [0.25, 0.3) is 6.08 Å². The molecule has 1 heterocycles. The Balaban J connectivity index is 1.92. The van der Waals surface area contributed by atoms with Crippen LogP contribution in [0.4, 0.5) is 5.69 Å². The highest BCUT2D eigenvalue weighted by Crippen LogP contribution is 2.19. The molecule has 0 radical (unpaired) electrons. The summed E-state index contributed by atoms with van der Waals surface area (Å²) in [6.45, 7) is 6.15. The summed E-state index contributed by atoms with van der Waals surface area (Å²) >= 11 is 0. The van der Waals surface area contributed by atoms with Gasteiger partial charge in [-0.3, -0.25) is 5.32 Å². The number of nitrogens with zero attached hydrogens (tertiary/aromatic N) is 2. The average Bonchev–Trinajstić information content (AvgIpc) is 2.69. The number of carbonyl (C=O) groups is 1. The van der Waals surface area contributed by atoms with E-state index in [-0.39, 0.29) is 35.8 Å². The van der Waals surface area contributed by atoms with Gasteiger partial charge in [0.05, 0.1) is 23.1 Å². The highest BCUT2D eigenvalue weighted by Gasteiger charge is 2.21. The summed E-state index contributed by atoms with van der Waals surface area (Å²) in [5.41, 5.74) is 2.05. The monoisotopic (exact) mass is 419 g/mol. The smallest absolute Gasteiger partial charge is 0.333 e. The normalized spacial score (nSPS) is 17.3. The van der Waals surface area contributed by atoms with Crippen LogP contribution in [0.15, 0.2) is 42.0 Å². The maximum absolute atomic E-state index is 11.5. The summed E-state index contributed by atoms with van der Waals surface area (Å²) in [5.74, 6) is -0.219. The van der Waals surface area contributed by atoms with Crippen molar-refractivity contribution in [1.82, 2.24) is 5.32 Å². The van der Waals surface area contributed by atoms with E-state index in [0.29, 0.717) is 13.1 Å². The first-order valence-electron chi connectivity index (χ1n) is 9.13. The predicted molar refractivity (Wildman–Crippen MR) is 111 cm³/mol. The van der Waals surface area contributed by atoms with Crippen LogP contribution in [-0.2, 0) is 19.4 Å². The zero-order valence-electron chi connectivity index (χ0n) is 16.3. The number of nitrogens with one attached hydrogen (secondary N) is 1. The number of carbonyl (C=O) groups excluding carboxylic acids is 1. The second kappa shape index (κ2) is 10.2. The number of esters is 1. The van der Waals surface area contributed by atoms with E-state index >= 15 is 0 Å². The fourth-order valence-corrected chi connectivity index (χ4v) is 3.88. The molecule has 0 aliphatic carbocycles. The van der Waals surface area contributed by atoms with Gasteiger partial charge in [-0.15, -0.1) is 0 Å². The molecule has 0 amide bonds. The minimum atomic E-state index is -2.93. The molecule has 1 unspecified atom stereocenters. The molecule has 1 aliphatic heterocycles. The molecule has 1 saturated heterocycles. The largest absolute Gasteiger partial charge is 0.461 e. The summed E-state index contributed by atoms with van der Waals surface area (Å²) in [7, 11) is -2.93. The number of aliphatic hydroxyl groups excluding tert-OH is 1. The van der Waals surface area contributed by atoms with Crippen LogP contribution in [0.3, 0.4) is 0 Å². The summed E-state index contributed by atoms with van der Waals surface area (Å²) in [5, 5.41) is 22.1. The van der Waals surface area contributed by atoms with Gasteiger partial charge in [0.1, 0.15) is 12.8 Å². The summed E-state index contributed by atoms with van der Waals surface area (Å²) in [6, 6.07) is 9.27. The quantitative estimate of drug-likeness (QED) is 0.209. The lowest BCUT2D eigenvalue weighted by molar-refractivity contribution is -0.138. The van der Waals surface area contributed by atoms with Crippen molar-refractivity contribution in [2.45, 2.75) is 13.2 Å². The molecule has 0 bridgehead atoms. The lowest BCUT2D eigenvalue weighted by Crippen LogP contribution is -2.40. The van der Waals surface area contributed by atoms with E-state index in [9.17, 15) is 23.6 Å². The Bertz CT molecular complexity index is 902. The topological polar surface area (TPSA) is 120 Å². The minimum absolute atomic E-state index is 0.0434. The van der Waals surface area contributed by atoms with E-state index in [4.69, 9.17) is 4.74 Å². The SMILES string of the molecule is C=C(C)C(=O)OCCNC(O)C(C#N)=Cc1ccc(N2CCS(=O)(=O)CC2)cc1. The number of hydrogen-bond donors (Lipinski definition) is 2. The first kappa shape index (κ1) is 22.6. The Hall–Kier alpha value is -2.67. The van der Waals surface area contributed by atoms with E-state index in [1.54, 1.807) is 25.1 Å². The van der Waals surface area contributed by atoms with Crippen LogP contribution < -0.4 is 10.2 Å². The lowest BCUT2D eigenvalue weighted by atomic mass is 10.1. The van der Waals surface area contributed by atoms with Crippen LogP contribution in [0.2, 0.25) is 0 Å². The maximum atomic E-state index is 11.5. The molecule has 0 aromatic heterocycles. The summed E-state index contributed by atoms with van der Waals surface area (Å²) in [6.07, 6.45) is 0.359. The Morgan fingerprint density at radius 1 is 1.38 bits per heavy atom. The minimum Gasteiger partial charge on any atom is -0.461 e. The van der Waals surface area contributed by atoms with Crippen molar-refractivity contribution in [2.24, 2.45) is 0 Å². The van der Waals surface area contributed by atoms with Gasteiger partial charge >= 0.3 is 5.97 Å². The van der Waals surface area contributed by atoms with E-state index < -0.39 is 22.0 Å². The van der Waals surface area contributed by atoms with Gasteiger partial charge in [0.25, 0.3) is 0 Å². The third-order valence-electron chi connectivity index (χ3n) is 4.37. The highest BCUT2D eigenvalue weighted by molar-refractivity contribution is 7.91. The van der Waals surface area contributed by atoms with E-state index in [1.165, 1.54) is 0 Å². The molecular weight excluding hydrogens is 394 g/mol. The van der Waals surface area contributed by atoms with Crippen molar-refractivity contribution >= 4 is 27.6 Å². The van der Waals surface area contributed by atoms with Crippen LogP contribution in [-0.4, -0.2) is 63.5 Å². The van der Waals surface area contributed by atoms with Crippen molar-refractivity contribution in [1.29, 1.82) is 5.26 Å². The third kappa shape index (κ3) is 7.02. The number of aliphatic hydroxyl groups is 1. The molecule has 2 N–H and O–H groups in total. The van der Waals surface area contributed by atoms with E-state index in [1.807, 2.05) is 23.1 Å². The van der Waals surface area contributed by atoms with Gasteiger partial charge in [-0.1, -0.05) is 18.7 Å². The summed E-state index contributed by atoms with van der Waals surface area (Å²) in [4.78, 5) is 13.3. The molecule has 0 saturated carbocycles. The number of hydrogen-bond acceptors (Lipinski definition) is 8. The van der Waals surface area contributed by atoms with Crippen molar-refractivity contribution in [3.63, 3.8) is 0 Å². The predicted octanol–water partition coefficient (Wildman–Crippen LogP) is 0.856. The van der Waals surface area contributed by atoms with Crippen LogP contribution in [0, 0.1) is 11.3 Å². The second-order valence-corrected chi connectivity index (χ2v) is 9.02. The Kier molecular flexibility index (Phi) is 7.96. The van der Waals surface area contributed by atoms with Crippen molar-refractivity contribution in [3.8, 4) is 6.07 Å². The number of benzene rings is 1. The number of nitriles is 1. The van der Waals surface area contributed by atoms with Gasteiger partial charge in [-0.25, -0.2) is 13.2 Å². The zero-order chi connectivity index (χ0) is 21.4. The van der Waals surface area contributed by atoms with Gasteiger partial charge in [-0.05, 0) is 30.7 Å². The molecule has 1 fully saturated rings. The van der Waals surface area contributed by atoms with Gasteiger partial charge in [0.15, 0.2) is 9.84 Å². The Morgan fingerprint density at radius 3 is 2.55 bits per heavy atom. The standard InChI is InChI=1S/C20H25N3O5S/c1-15(2)20(25)28-10-7-22-19(24)17(14-21)13-16-3-5-18(6-4-16)23-8-11-29(26,27)12-9-23/h3-6,13,19,22,24H,1,7-12H2,2H3. The fourth-order valence-electron chi connectivity index (χ4n) is 2.68. The number of anilines is 1.